The van der Waals surface area contributed by atoms with Crippen LogP contribution in [0.2, 0.25) is 0 Å². The molecule has 1 aliphatic rings. The molecule has 2 atom stereocenters. The van der Waals surface area contributed by atoms with Gasteiger partial charge in [0.2, 0.25) is 0 Å². The van der Waals surface area contributed by atoms with Crippen molar-refractivity contribution in [1.82, 2.24) is 4.98 Å². The number of hydrogen-bond donors (Lipinski definition) is 1. The summed E-state index contributed by atoms with van der Waals surface area (Å²) < 4.78 is 5.46. The average molecular weight is 237 g/mol. The van der Waals surface area contributed by atoms with Crippen LogP contribution >= 0.6 is 11.3 Å². The molecular formula is C12H15NO2S. The van der Waals surface area contributed by atoms with E-state index in [1.54, 1.807) is 23.7 Å². The van der Waals surface area contributed by atoms with Crippen LogP contribution in [0.3, 0.4) is 0 Å². The molecule has 0 saturated heterocycles. The molecule has 0 aliphatic carbocycles. The van der Waals surface area contributed by atoms with Gasteiger partial charge >= 0.3 is 0 Å². The predicted molar refractivity (Wildman–Crippen MR) is 65.1 cm³/mol. The molecule has 4 heteroatoms. The minimum Gasteiger partial charge on any atom is -0.494 e. The van der Waals surface area contributed by atoms with Crippen LogP contribution in [0.5, 0.6) is 0 Å². The van der Waals surface area contributed by atoms with Crippen molar-refractivity contribution < 1.29 is 9.84 Å². The zero-order chi connectivity index (χ0) is 11.5. The molecule has 0 amide bonds. The second kappa shape index (κ2) is 4.80. The minimum atomic E-state index is -0.403. The number of aliphatic hydroxyl groups excluding tert-OH is 1. The number of thiazole rings is 1. The summed E-state index contributed by atoms with van der Waals surface area (Å²) in [5.74, 6) is 0. The minimum absolute atomic E-state index is 0.0398. The van der Waals surface area contributed by atoms with Crippen molar-refractivity contribution in [1.29, 1.82) is 0 Å². The molecular weight excluding hydrogens is 222 g/mol. The van der Waals surface area contributed by atoms with E-state index in [1.807, 2.05) is 25.3 Å². The van der Waals surface area contributed by atoms with Gasteiger partial charge in [-0.3, -0.25) is 0 Å². The van der Waals surface area contributed by atoms with Crippen LogP contribution in [0.15, 0.2) is 23.3 Å². The van der Waals surface area contributed by atoms with Crippen molar-refractivity contribution in [2.45, 2.75) is 32.5 Å². The SMILES string of the molecule is C/C(=C\c1csc(C)n1)[C@@H]1C[C@H](O)C=CO1. The molecule has 1 N–H and O–H groups in total. The van der Waals surface area contributed by atoms with Gasteiger partial charge in [0.1, 0.15) is 6.10 Å². The van der Waals surface area contributed by atoms with E-state index >= 15 is 0 Å². The van der Waals surface area contributed by atoms with E-state index in [9.17, 15) is 5.11 Å². The Balaban J connectivity index is 2.09. The number of aryl methyl sites for hydroxylation is 1. The fourth-order valence-electron chi connectivity index (χ4n) is 1.65. The van der Waals surface area contributed by atoms with Crippen molar-refractivity contribution >= 4 is 17.4 Å². The summed E-state index contributed by atoms with van der Waals surface area (Å²) in [6.45, 7) is 3.99. The molecule has 16 heavy (non-hydrogen) atoms. The fraction of sp³-hybridized carbons (Fsp3) is 0.417. The molecule has 0 unspecified atom stereocenters. The van der Waals surface area contributed by atoms with E-state index < -0.39 is 6.10 Å². The van der Waals surface area contributed by atoms with Crippen LogP contribution in [-0.4, -0.2) is 22.3 Å². The summed E-state index contributed by atoms with van der Waals surface area (Å²) in [4.78, 5) is 4.37. The van der Waals surface area contributed by atoms with Gasteiger partial charge in [-0.15, -0.1) is 11.3 Å². The molecule has 0 saturated carbocycles. The second-order valence-electron chi connectivity index (χ2n) is 3.94. The number of ether oxygens (including phenoxy) is 1. The van der Waals surface area contributed by atoms with Gasteiger partial charge in [-0.25, -0.2) is 4.98 Å². The number of aromatic nitrogens is 1. The first-order valence-corrected chi connectivity index (χ1v) is 6.13. The predicted octanol–water partition coefficient (Wildman–Crippen LogP) is 2.52. The second-order valence-corrected chi connectivity index (χ2v) is 5.00. The molecule has 0 aromatic carbocycles. The van der Waals surface area contributed by atoms with Crippen LogP contribution in [0.25, 0.3) is 6.08 Å². The molecule has 2 heterocycles. The lowest BCUT2D eigenvalue weighted by atomic mass is 10.0. The van der Waals surface area contributed by atoms with E-state index in [0.717, 1.165) is 16.3 Å². The summed E-state index contributed by atoms with van der Waals surface area (Å²) in [6.07, 6.45) is 5.42. The normalized spacial score (nSPS) is 25.6. The zero-order valence-electron chi connectivity index (χ0n) is 9.38. The highest BCUT2D eigenvalue weighted by atomic mass is 32.1. The first-order chi connectivity index (χ1) is 7.65. The summed E-state index contributed by atoms with van der Waals surface area (Å²) in [7, 11) is 0. The largest absolute Gasteiger partial charge is 0.494 e. The molecule has 3 nitrogen and oxygen atoms in total. The fourth-order valence-corrected chi connectivity index (χ4v) is 2.22. The highest BCUT2D eigenvalue weighted by Gasteiger charge is 2.18. The van der Waals surface area contributed by atoms with Gasteiger partial charge in [-0.2, -0.15) is 0 Å². The maximum atomic E-state index is 9.49. The van der Waals surface area contributed by atoms with E-state index in [1.165, 1.54) is 0 Å². The van der Waals surface area contributed by atoms with Crippen molar-refractivity contribution in [3.63, 3.8) is 0 Å². The third kappa shape index (κ3) is 2.71. The third-order valence-electron chi connectivity index (χ3n) is 2.52. The summed E-state index contributed by atoms with van der Waals surface area (Å²) in [6, 6.07) is 0. The van der Waals surface area contributed by atoms with Crippen LogP contribution in [-0.2, 0) is 4.74 Å². The van der Waals surface area contributed by atoms with Crippen molar-refractivity contribution in [3.8, 4) is 0 Å². The van der Waals surface area contributed by atoms with Crippen molar-refractivity contribution in [2.24, 2.45) is 0 Å². The van der Waals surface area contributed by atoms with Gasteiger partial charge in [-0.1, -0.05) is 0 Å². The number of hydrogen-bond acceptors (Lipinski definition) is 4. The topological polar surface area (TPSA) is 42.4 Å². The lowest BCUT2D eigenvalue weighted by molar-refractivity contribution is 0.0863. The highest BCUT2D eigenvalue weighted by molar-refractivity contribution is 7.09. The van der Waals surface area contributed by atoms with Gasteiger partial charge in [0, 0.05) is 11.8 Å². The van der Waals surface area contributed by atoms with Gasteiger partial charge in [0.25, 0.3) is 0 Å². The molecule has 0 bridgehead atoms. The van der Waals surface area contributed by atoms with Crippen molar-refractivity contribution in [3.05, 3.63) is 34.0 Å². The Bertz CT molecular complexity index is 422. The molecule has 0 fully saturated rings. The van der Waals surface area contributed by atoms with Crippen LogP contribution in [0.1, 0.15) is 24.0 Å². The summed E-state index contributed by atoms with van der Waals surface area (Å²) in [5, 5.41) is 12.6. The Hall–Kier alpha value is -1.13. The monoisotopic (exact) mass is 237 g/mol. The van der Waals surface area contributed by atoms with Crippen molar-refractivity contribution in [2.75, 3.05) is 0 Å². The third-order valence-corrected chi connectivity index (χ3v) is 3.31. The van der Waals surface area contributed by atoms with E-state index in [2.05, 4.69) is 4.98 Å². The number of nitrogens with zero attached hydrogens (tertiary/aromatic N) is 1. The Kier molecular flexibility index (Phi) is 3.41. The van der Waals surface area contributed by atoms with Crippen LogP contribution in [0, 0.1) is 6.92 Å². The summed E-state index contributed by atoms with van der Waals surface area (Å²) >= 11 is 1.63. The standard InChI is InChI=1S/C12H15NO2S/c1-8(5-10-7-16-9(2)13-10)12-6-11(14)3-4-15-12/h3-5,7,11-12,14H,6H2,1-2H3/b8-5+/t11-,12+/m1/s1. The smallest absolute Gasteiger partial charge is 0.122 e. The van der Waals surface area contributed by atoms with E-state index in [0.29, 0.717) is 6.42 Å². The molecule has 1 aliphatic heterocycles. The molecule has 1 aromatic heterocycles. The quantitative estimate of drug-likeness (QED) is 0.859. The van der Waals surface area contributed by atoms with Gasteiger partial charge in [0.05, 0.1) is 23.1 Å². The van der Waals surface area contributed by atoms with Crippen LogP contribution < -0.4 is 0 Å². The Morgan fingerprint density at radius 1 is 1.69 bits per heavy atom. The molecule has 1 aromatic rings. The summed E-state index contributed by atoms with van der Waals surface area (Å²) in [5.41, 5.74) is 2.06. The van der Waals surface area contributed by atoms with Gasteiger partial charge < -0.3 is 9.84 Å². The molecule has 86 valence electrons. The highest BCUT2D eigenvalue weighted by Crippen LogP contribution is 2.21. The lowest BCUT2D eigenvalue weighted by Gasteiger charge is -2.23. The first-order valence-electron chi connectivity index (χ1n) is 5.25. The first kappa shape index (κ1) is 11.4. The molecule has 2 rings (SSSR count). The molecule has 0 spiro atoms. The molecule has 0 radical (unpaired) electrons. The number of rotatable bonds is 2. The lowest BCUT2D eigenvalue weighted by Crippen LogP contribution is -2.22. The Morgan fingerprint density at radius 2 is 2.50 bits per heavy atom. The van der Waals surface area contributed by atoms with Gasteiger partial charge in [-0.05, 0) is 31.6 Å². The Labute approximate surface area is 99.1 Å². The zero-order valence-corrected chi connectivity index (χ0v) is 10.2. The van der Waals surface area contributed by atoms with E-state index in [4.69, 9.17) is 4.74 Å². The maximum Gasteiger partial charge on any atom is 0.122 e. The average Bonchev–Trinajstić information content (AvgIpc) is 2.64. The van der Waals surface area contributed by atoms with Crippen LogP contribution in [0.4, 0.5) is 0 Å². The Morgan fingerprint density at radius 3 is 3.12 bits per heavy atom. The van der Waals surface area contributed by atoms with Gasteiger partial charge in [0.15, 0.2) is 0 Å². The maximum absolute atomic E-state index is 9.49. The van der Waals surface area contributed by atoms with E-state index in [-0.39, 0.29) is 6.10 Å². The number of aliphatic hydroxyl groups is 1.